The van der Waals surface area contributed by atoms with Crippen molar-refractivity contribution >= 4 is 34.6 Å². The molecular weight excluding hydrogens is 550 g/mol. The molecule has 43 heavy (non-hydrogen) atoms. The molecule has 0 spiro atoms. The number of hydrogen-bond acceptors (Lipinski definition) is 6. The maximum absolute atomic E-state index is 13.8. The van der Waals surface area contributed by atoms with Crippen LogP contribution in [0.4, 0.5) is 0 Å². The maximum Gasteiger partial charge on any atom is 0.326 e. The molecule has 0 radical (unpaired) electrons. The topological polar surface area (TPSA) is 187 Å². The molecule has 11 nitrogen and oxygen atoms in total. The van der Waals surface area contributed by atoms with Crippen LogP contribution in [0.25, 0.3) is 10.9 Å². The lowest BCUT2D eigenvalue weighted by Gasteiger charge is -2.27. The maximum atomic E-state index is 13.8. The van der Waals surface area contributed by atoms with Crippen LogP contribution in [0.3, 0.4) is 0 Å². The molecule has 2 aromatic carbocycles. The van der Waals surface area contributed by atoms with Crippen LogP contribution in [0.5, 0.6) is 5.75 Å². The van der Waals surface area contributed by atoms with Crippen molar-refractivity contribution in [3.8, 4) is 5.75 Å². The van der Waals surface area contributed by atoms with E-state index in [0.29, 0.717) is 18.4 Å². The van der Waals surface area contributed by atoms with Crippen LogP contribution in [0, 0.1) is 11.8 Å². The van der Waals surface area contributed by atoms with E-state index in [9.17, 15) is 29.4 Å². The second kappa shape index (κ2) is 15.2. The highest BCUT2D eigenvalue weighted by atomic mass is 16.4. The van der Waals surface area contributed by atoms with Crippen molar-refractivity contribution in [2.45, 2.75) is 77.5 Å². The third kappa shape index (κ3) is 8.81. The van der Waals surface area contributed by atoms with Crippen molar-refractivity contribution in [1.29, 1.82) is 0 Å². The molecular formula is C32H43N5O6. The largest absolute Gasteiger partial charge is 0.508 e. The number of carboxylic acid groups (broad SMARTS) is 1. The van der Waals surface area contributed by atoms with Crippen LogP contribution >= 0.6 is 0 Å². The van der Waals surface area contributed by atoms with Crippen molar-refractivity contribution in [3.05, 3.63) is 65.9 Å². The highest BCUT2D eigenvalue weighted by molar-refractivity contribution is 5.95. The zero-order chi connectivity index (χ0) is 31.7. The molecule has 0 aliphatic rings. The summed E-state index contributed by atoms with van der Waals surface area (Å²) in [6.45, 7) is 7.32. The molecule has 1 heterocycles. The Labute approximate surface area is 251 Å². The van der Waals surface area contributed by atoms with Gasteiger partial charge in [-0.05, 0) is 41.2 Å². The standard InChI is InChI=1S/C32H43N5O6/c1-5-18(3)27(33)31(41)36-25(15-20-11-13-22(38)14-12-20)29(39)35-26(30(40)37-28(32(42)43)19(4)6-2)16-21-17-34-24-10-8-7-9-23(21)24/h7-14,17-19,25-28,34,38H,5-6,15-16,33H2,1-4H3,(H,35,39)(H,36,41)(H,37,40)(H,42,43). The number of aromatic hydroxyl groups is 1. The van der Waals surface area contributed by atoms with Gasteiger partial charge >= 0.3 is 5.97 Å². The van der Waals surface area contributed by atoms with Crippen LogP contribution < -0.4 is 21.7 Å². The summed E-state index contributed by atoms with van der Waals surface area (Å²) in [5, 5.41) is 28.5. The number of aromatic nitrogens is 1. The molecule has 0 saturated carbocycles. The van der Waals surface area contributed by atoms with E-state index >= 15 is 0 Å². The van der Waals surface area contributed by atoms with Crippen LogP contribution in [-0.4, -0.2) is 63.1 Å². The summed E-state index contributed by atoms with van der Waals surface area (Å²) in [5.41, 5.74) is 8.42. The minimum absolute atomic E-state index is 0.0531. The molecule has 0 bridgehead atoms. The Morgan fingerprint density at radius 1 is 0.814 bits per heavy atom. The number of phenolic OH excluding ortho intramolecular Hbond substituents is 1. The quantitative estimate of drug-likeness (QED) is 0.141. The summed E-state index contributed by atoms with van der Waals surface area (Å²) in [4.78, 5) is 55.6. The first-order valence-electron chi connectivity index (χ1n) is 14.7. The van der Waals surface area contributed by atoms with Crippen LogP contribution in [0.1, 0.15) is 51.7 Å². The number of hydrogen-bond donors (Lipinski definition) is 7. The number of nitrogens with two attached hydrogens (primary N) is 1. The van der Waals surface area contributed by atoms with Gasteiger partial charge in [-0.1, -0.05) is 70.9 Å². The van der Waals surface area contributed by atoms with Gasteiger partial charge in [0.2, 0.25) is 17.7 Å². The number of carbonyl (C=O) groups is 4. The van der Waals surface area contributed by atoms with E-state index in [1.54, 1.807) is 25.3 Å². The zero-order valence-electron chi connectivity index (χ0n) is 25.1. The first-order chi connectivity index (χ1) is 20.4. The Balaban J connectivity index is 1.93. The summed E-state index contributed by atoms with van der Waals surface area (Å²) >= 11 is 0. The lowest BCUT2D eigenvalue weighted by Crippen LogP contribution is -2.59. The van der Waals surface area contributed by atoms with Gasteiger partial charge in [-0.3, -0.25) is 14.4 Å². The Bertz CT molecular complexity index is 1400. The van der Waals surface area contributed by atoms with Crippen LogP contribution in [0.15, 0.2) is 54.7 Å². The number of aromatic amines is 1. The highest BCUT2D eigenvalue weighted by Gasteiger charge is 2.33. The number of para-hydroxylation sites is 1. The van der Waals surface area contributed by atoms with E-state index in [4.69, 9.17) is 5.73 Å². The molecule has 8 N–H and O–H groups in total. The third-order valence-corrected chi connectivity index (χ3v) is 8.08. The number of aliphatic carboxylic acids is 1. The van der Waals surface area contributed by atoms with Crippen molar-refractivity contribution in [2.24, 2.45) is 17.6 Å². The fourth-order valence-corrected chi connectivity index (χ4v) is 4.80. The fourth-order valence-electron chi connectivity index (χ4n) is 4.80. The number of carbonyl (C=O) groups excluding carboxylic acids is 3. The molecule has 0 aliphatic carbocycles. The van der Waals surface area contributed by atoms with Crippen molar-refractivity contribution < 1.29 is 29.4 Å². The SMILES string of the molecule is CCC(C)C(N)C(=O)NC(Cc1ccc(O)cc1)C(=O)NC(Cc1c[nH]c2ccccc12)C(=O)NC(C(=O)O)C(C)CC. The van der Waals surface area contributed by atoms with E-state index in [0.717, 1.165) is 16.5 Å². The lowest BCUT2D eigenvalue weighted by molar-refractivity contribution is -0.143. The smallest absolute Gasteiger partial charge is 0.326 e. The van der Waals surface area contributed by atoms with Gasteiger partial charge in [0.1, 0.15) is 23.9 Å². The molecule has 11 heteroatoms. The van der Waals surface area contributed by atoms with E-state index in [-0.39, 0.29) is 30.4 Å². The summed E-state index contributed by atoms with van der Waals surface area (Å²) in [7, 11) is 0. The van der Waals surface area contributed by atoms with Gasteiger partial charge in [0.05, 0.1) is 6.04 Å². The molecule has 1 aromatic heterocycles. The molecule has 0 fully saturated rings. The average molecular weight is 594 g/mol. The normalized spacial score (nSPS) is 15.5. The predicted molar refractivity (Wildman–Crippen MR) is 164 cm³/mol. The second-order valence-corrected chi connectivity index (χ2v) is 11.2. The Kier molecular flexibility index (Phi) is 11.7. The number of carboxylic acids is 1. The fraction of sp³-hybridized carbons (Fsp3) is 0.438. The molecule has 0 saturated heterocycles. The first-order valence-corrected chi connectivity index (χ1v) is 14.7. The number of amides is 3. The number of fused-ring (bicyclic) bond motifs is 1. The van der Waals surface area contributed by atoms with Crippen LogP contribution in [-0.2, 0) is 32.0 Å². The summed E-state index contributed by atoms with van der Waals surface area (Å²) in [6, 6.07) is 9.48. The molecule has 3 aromatic rings. The number of nitrogens with one attached hydrogen (secondary N) is 4. The van der Waals surface area contributed by atoms with Crippen molar-refractivity contribution in [2.75, 3.05) is 0 Å². The van der Waals surface area contributed by atoms with Gasteiger partial charge in [0.25, 0.3) is 0 Å². The summed E-state index contributed by atoms with van der Waals surface area (Å²) < 4.78 is 0. The predicted octanol–water partition coefficient (Wildman–Crippen LogP) is 2.62. The Morgan fingerprint density at radius 3 is 2.02 bits per heavy atom. The van der Waals surface area contributed by atoms with Gasteiger partial charge in [-0.15, -0.1) is 0 Å². The Hall–Kier alpha value is -4.38. The number of H-pyrrole nitrogens is 1. The highest BCUT2D eigenvalue weighted by Crippen LogP contribution is 2.20. The summed E-state index contributed by atoms with van der Waals surface area (Å²) in [5.74, 6) is -3.39. The van der Waals surface area contributed by atoms with E-state index in [1.807, 2.05) is 45.0 Å². The van der Waals surface area contributed by atoms with E-state index in [2.05, 4.69) is 20.9 Å². The zero-order valence-corrected chi connectivity index (χ0v) is 25.1. The third-order valence-electron chi connectivity index (χ3n) is 8.08. The number of rotatable bonds is 15. The first kappa shape index (κ1) is 33.1. The van der Waals surface area contributed by atoms with Gasteiger partial charge in [0, 0.05) is 29.9 Å². The van der Waals surface area contributed by atoms with Crippen molar-refractivity contribution in [3.63, 3.8) is 0 Å². The van der Waals surface area contributed by atoms with Crippen LogP contribution in [0.2, 0.25) is 0 Å². The van der Waals surface area contributed by atoms with E-state index in [1.165, 1.54) is 12.1 Å². The number of benzene rings is 2. The van der Waals surface area contributed by atoms with E-state index < -0.39 is 47.9 Å². The average Bonchev–Trinajstić information content (AvgIpc) is 3.41. The number of phenols is 1. The molecule has 3 rings (SSSR count). The van der Waals surface area contributed by atoms with Gasteiger partial charge in [0.15, 0.2) is 0 Å². The molecule has 0 aliphatic heterocycles. The molecule has 6 atom stereocenters. The molecule has 6 unspecified atom stereocenters. The summed E-state index contributed by atoms with van der Waals surface area (Å²) in [6.07, 6.45) is 3.07. The van der Waals surface area contributed by atoms with Gasteiger partial charge < -0.3 is 36.9 Å². The molecule has 3 amide bonds. The van der Waals surface area contributed by atoms with Gasteiger partial charge in [-0.25, -0.2) is 4.79 Å². The lowest BCUT2D eigenvalue weighted by atomic mass is 9.97. The Morgan fingerprint density at radius 2 is 1.40 bits per heavy atom. The second-order valence-electron chi connectivity index (χ2n) is 11.2. The van der Waals surface area contributed by atoms with Crippen molar-refractivity contribution in [1.82, 2.24) is 20.9 Å². The monoisotopic (exact) mass is 593 g/mol. The van der Waals surface area contributed by atoms with Gasteiger partial charge in [-0.2, -0.15) is 0 Å². The minimum atomic E-state index is -1.17. The minimum Gasteiger partial charge on any atom is -0.508 e. The molecule has 232 valence electrons.